The molecule has 1 fully saturated rings. The average Bonchev–Trinajstić information content (AvgIpc) is 3.11. The molecule has 2 heterocycles. The largest absolute Gasteiger partial charge is 0.378 e. The Morgan fingerprint density at radius 3 is 2.77 bits per heavy atom. The van der Waals surface area contributed by atoms with Crippen LogP contribution in [-0.4, -0.2) is 52.8 Å². The van der Waals surface area contributed by atoms with Crippen LogP contribution < -0.4 is 0 Å². The fourth-order valence-corrected chi connectivity index (χ4v) is 3.62. The van der Waals surface area contributed by atoms with Crippen LogP contribution in [0.25, 0.3) is 10.9 Å². The first-order valence-electron chi connectivity index (χ1n) is 9.44. The number of ether oxygens (including phenoxy) is 1. The van der Waals surface area contributed by atoms with Crippen LogP contribution in [0.3, 0.4) is 0 Å². The second-order valence-corrected chi connectivity index (χ2v) is 7.28. The Bertz CT molecular complexity index is 1140. The molecular weight excluding hydrogens is 408 g/mol. The van der Waals surface area contributed by atoms with Crippen LogP contribution in [0.15, 0.2) is 53.7 Å². The third-order valence-corrected chi connectivity index (χ3v) is 5.29. The van der Waals surface area contributed by atoms with Gasteiger partial charge in [-0.1, -0.05) is 29.8 Å². The lowest BCUT2D eigenvalue weighted by molar-refractivity contribution is -0.384. The summed E-state index contributed by atoms with van der Waals surface area (Å²) >= 11 is 5.86. The van der Waals surface area contributed by atoms with Crippen LogP contribution in [0.1, 0.15) is 5.56 Å². The van der Waals surface area contributed by atoms with Crippen molar-refractivity contribution in [1.29, 1.82) is 0 Å². The number of amides is 1. The SMILES string of the molecule is O=C(Cn1cc(C=Nc2ccc(Cl)c([N+](=O)[O-])c2)c2ccccc21)N1CCOCC1. The predicted octanol–water partition coefficient (Wildman–Crippen LogP) is 3.81. The first-order valence-corrected chi connectivity index (χ1v) is 9.82. The number of morpholine rings is 1. The molecule has 1 amide bonds. The fraction of sp³-hybridized carbons (Fsp3) is 0.238. The second-order valence-electron chi connectivity index (χ2n) is 6.87. The van der Waals surface area contributed by atoms with Gasteiger partial charge in [-0.2, -0.15) is 0 Å². The van der Waals surface area contributed by atoms with E-state index in [0.29, 0.717) is 32.0 Å². The van der Waals surface area contributed by atoms with Crippen LogP contribution in [0.2, 0.25) is 5.02 Å². The van der Waals surface area contributed by atoms with E-state index in [9.17, 15) is 14.9 Å². The van der Waals surface area contributed by atoms with Crippen molar-refractivity contribution in [1.82, 2.24) is 9.47 Å². The van der Waals surface area contributed by atoms with Gasteiger partial charge in [-0.05, 0) is 18.2 Å². The highest BCUT2D eigenvalue weighted by atomic mass is 35.5. The number of hydrogen-bond acceptors (Lipinski definition) is 5. The molecule has 9 heteroatoms. The monoisotopic (exact) mass is 426 g/mol. The maximum absolute atomic E-state index is 12.7. The minimum absolute atomic E-state index is 0.0378. The number of aromatic nitrogens is 1. The fourth-order valence-electron chi connectivity index (χ4n) is 3.43. The first-order chi connectivity index (χ1) is 14.5. The number of carbonyl (C=O) groups is 1. The number of nitro groups is 1. The van der Waals surface area contributed by atoms with Crippen molar-refractivity contribution >= 4 is 46.0 Å². The molecule has 1 saturated heterocycles. The highest BCUT2D eigenvalue weighted by Crippen LogP contribution is 2.29. The van der Waals surface area contributed by atoms with Gasteiger partial charge >= 0.3 is 0 Å². The first kappa shape index (κ1) is 20.1. The van der Waals surface area contributed by atoms with E-state index in [-0.39, 0.29) is 23.2 Å². The average molecular weight is 427 g/mol. The van der Waals surface area contributed by atoms with E-state index in [1.807, 2.05) is 35.0 Å². The van der Waals surface area contributed by atoms with Gasteiger partial charge in [-0.15, -0.1) is 0 Å². The minimum atomic E-state index is -0.537. The maximum Gasteiger partial charge on any atom is 0.290 e. The molecule has 30 heavy (non-hydrogen) atoms. The molecule has 0 unspecified atom stereocenters. The predicted molar refractivity (Wildman–Crippen MR) is 115 cm³/mol. The van der Waals surface area contributed by atoms with Gasteiger partial charge in [-0.3, -0.25) is 19.9 Å². The van der Waals surface area contributed by atoms with Gasteiger partial charge in [0.1, 0.15) is 11.6 Å². The molecule has 154 valence electrons. The lowest BCUT2D eigenvalue weighted by Crippen LogP contribution is -2.42. The highest BCUT2D eigenvalue weighted by Gasteiger charge is 2.18. The Morgan fingerprint density at radius 2 is 2.00 bits per heavy atom. The molecule has 2 aromatic carbocycles. The summed E-state index contributed by atoms with van der Waals surface area (Å²) in [7, 11) is 0. The van der Waals surface area contributed by atoms with E-state index in [1.54, 1.807) is 17.2 Å². The molecule has 8 nitrogen and oxygen atoms in total. The number of carbonyl (C=O) groups excluding carboxylic acids is 1. The molecular formula is C21H19ClN4O4. The molecule has 0 radical (unpaired) electrons. The van der Waals surface area contributed by atoms with Crippen molar-refractivity contribution in [3.63, 3.8) is 0 Å². The zero-order chi connectivity index (χ0) is 21.1. The van der Waals surface area contributed by atoms with Gasteiger partial charge in [0.2, 0.25) is 5.91 Å². The van der Waals surface area contributed by atoms with Gasteiger partial charge in [0.25, 0.3) is 5.69 Å². The van der Waals surface area contributed by atoms with Gasteiger partial charge in [0, 0.05) is 48.0 Å². The zero-order valence-electron chi connectivity index (χ0n) is 16.0. The van der Waals surface area contributed by atoms with Gasteiger partial charge < -0.3 is 14.2 Å². The van der Waals surface area contributed by atoms with Crippen LogP contribution in [0, 0.1) is 10.1 Å². The number of nitrogens with zero attached hydrogens (tertiary/aromatic N) is 4. The molecule has 0 N–H and O–H groups in total. The Kier molecular flexibility index (Phi) is 5.78. The summed E-state index contributed by atoms with van der Waals surface area (Å²) in [6.07, 6.45) is 3.52. The normalized spacial score (nSPS) is 14.5. The molecule has 1 aliphatic heterocycles. The lowest BCUT2D eigenvalue weighted by Gasteiger charge is -2.27. The Balaban J connectivity index is 1.62. The van der Waals surface area contributed by atoms with E-state index in [4.69, 9.17) is 16.3 Å². The summed E-state index contributed by atoms with van der Waals surface area (Å²) in [5.41, 5.74) is 1.97. The molecule has 3 aromatic rings. The third kappa shape index (κ3) is 4.19. The van der Waals surface area contributed by atoms with Crippen molar-refractivity contribution in [3.05, 3.63) is 69.4 Å². The van der Waals surface area contributed by atoms with Crippen LogP contribution >= 0.6 is 11.6 Å². The summed E-state index contributed by atoms with van der Waals surface area (Å²) in [4.78, 5) is 29.4. The van der Waals surface area contributed by atoms with E-state index >= 15 is 0 Å². The van der Waals surface area contributed by atoms with Crippen molar-refractivity contribution in [2.24, 2.45) is 4.99 Å². The topological polar surface area (TPSA) is 90.0 Å². The van der Waals surface area contributed by atoms with Crippen molar-refractivity contribution in [2.45, 2.75) is 6.54 Å². The van der Waals surface area contributed by atoms with E-state index in [1.165, 1.54) is 12.1 Å². The number of benzene rings is 2. The minimum Gasteiger partial charge on any atom is -0.378 e. The molecule has 0 aliphatic carbocycles. The van der Waals surface area contributed by atoms with Crippen molar-refractivity contribution < 1.29 is 14.5 Å². The summed E-state index contributed by atoms with van der Waals surface area (Å²) in [6, 6.07) is 12.1. The summed E-state index contributed by atoms with van der Waals surface area (Å²) in [5, 5.41) is 12.1. The van der Waals surface area contributed by atoms with Gasteiger partial charge in [0.15, 0.2) is 0 Å². The van der Waals surface area contributed by atoms with Crippen LogP contribution in [0.5, 0.6) is 0 Å². The Hall–Kier alpha value is -3.23. The second kappa shape index (κ2) is 8.64. The van der Waals surface area contributed by atoms with Crippen LogP contribution in [-0.2, 0) is 16.1 Å². The number of halogens is 1. The van der Waals surface area contributed by atoms with Gasteiger partial charge in [0.05, 0.1) is 23.8 Å². The molecule has 0 atom stereocenters. The van der Waals surface area contributed by atoms with Gasteiger partial charge in [-0.25, -0.2) is 0 Å². The number of para-hydroxylation sites is 1. The standard InChI is InChI=1S/C21H19ClN4O4/c22-18-6-5-16(11-20(18)26(28)29)23-12-15-13-25(19-4-2-1-3-17(15)19)14-21(27)24-7-9-30-10-8-24/h1-6,11-13H,7-10,14H2. The van der Waals surface area contributed by atoms with E-state index in [2.05, 4.69) is 4.99 Å². The van der Waals surface area contributed by atoms with E-state index < -0.39 is 4.92 Å². The molecule has 4 rings (SSSR count). The van der Waals surface area contributed by atoms with E-state index in [0.717, 1.165) is 16.5 Å². The third-order valence-electron chi connectivity index (χ3n) is 4.97. The Labute approximate surface area is 177 Å². The molecule has 0 spiro atoms. The quantitative estimate of drug-likeness (QED) is 0.352. The molecule has 1 aromatic heterocycles. The molecule has 0 saturated carbocycles. The summed E-state index contributed by atoms with van der Waals surface area (Å²) in [5.74, 6) is 0.0378. The number of aliphatic imine (C=N–C) groups is 1. The lowest BCUT2D eigenvalue weighted by atomic mass is 10.2. The summed E-state index contributed by atoms with van der Waals surface area (Å²) in [6.45, 7) is 2.54. The number of rotatable bonds is 5. The Morgan fingerprint density at radius 1 is 1.23 bits per heavy atom. The van der Waals surface area contributed by atoms with Crippen molar-refractivity contribution in [2.75, 3.05) is 26.3 Å². The molecule has 0 bridgehead atoms. The number of nitro benzene ring substituents is 1. The summed E-state index contributed by atoms with van der Waals surface area (Å²) < 4.78 is 7.21. The molecule has 1 aliphatic rings. The highest BCUT2D eigenvalue weighted by molar-refractivity contribution is 6.32. The maximum atomic E-state index is 12.7. The van der Waals surface area contributed by atoms with Crippen molar-refractivity contribution in [3.8, 4) is 0 Å². The number of fused-ring (bicyclic) bond motifs is 1. The number of hydrogen-bond donors (Lipinski definition) is 0. The zero-order valence-corrected chi connectivity index (χ0v) is 16.8. The smallest absolute Gasteiger partial charge is 0.290 e. The van der Waals surface area contributed by atoms with Crippen LogP contribution in [0.4, 0.5) is 11.4 Å².